The lowest BCUT2D eigenvalue weighted by molar-refractivity contribution is 0.189. The minimum atomic E-state index is -0.924. The molecular weight excluding hydrogens is 231 g/mol. The molecule has 0 aliphatic carbocycles. The number of furan rings is 1. The van der Waals surface area contributed by atoms with Gasteiger partial charge in [-0.3, -0.25) is 0 Å². The van der Waals surface area contributed by atoms with Gasteiger partial charge in [0.1, 0.15) is 17.7 Å². The minimum Gasteiger partial charge on any atom is -0.447 e. The van der Waals surface area contributed by atoms with Crippen LogP contribution in [-0.4, -0.2) is 5.11 Å². The maximum Gasteiger partial charge on any atom is 0.193 e. The highest BCUT2D eigenvalue weighted by Gasteiger charge is 2.15. The fourth-order valence-electron chi connectivity index (χ4n) is 1.48. The number of rotatable bonds is 2. The summed E-state index contributed by atoms with van der Waals surface area (Å²) >= 11 is 5.61. The third kappa shape index (κ3) is 2.10. The van der Waals surface area contributed by atoms with Crippen molar-refractivity contribution in [2.45, 2.75) is 13.0 Å². The molecule has 0 saturated heterocycles. The Kier molecular flexibility index (Phi) is 2.99. The molecule has 2 nitrogen and oxygen atoms in total. The van der Waals surface area contributed by atoms with E-state index in [0.29, 0.717) is 16.9 Å². The van der Waals surface area contributed by atoms with Crippen LogP contribution in [0.2, 0.25) is 5.22 Å². The van der Waals surface area contributed by atoms with Gasteiger partial charge in [0, 0.05) is 0 Å². The van der Waals surface area contributed by atoms with Crippen LogP contribution in [0.15, 0.2) is 34.7 Å². The van der Waals surface area contributed by atoms with E-state index >= 15 is 0 Å². The molecule has 0 aliphatic rings. The zero-order valence-electron chi connectivity index (χ0n) is 8.58. The summed E-state index contributed by atoms with van der Waals surface area (Å²) in [4.78, 5) is 0. The Morgan fingerprint density at radius 3 is 2.62 bits per heavy atom. The van der Waals surface area contributed by atoms with E-state index in [1.807, 2.05) is 0 Å². The highest BCUT2D eigenvalue weighted by molar-refractivity contribution is 6.28. The maximum absolute atomic E-state index is 13.0. The quantitative estimate of drug-likeness (QED) is 0.872. The lowest BCUT2D eigenvalue weighted by atomic mass is 10.0. The van der Waals surface area contributed by atoms with Crippen LogP contribution in [0.1, 0.15) is 23.0 Å². The monoisotopic (exact) mass is 240 g/mol. The van der Waals surface area contributed by atoms with Crippen LogP contribution in [0, 0.1) is 12.7 Å². The summed E-state index contributed by atoms with van der Waals surface area (Å²) in [6.45, 7) is 1.64. The Bertz CT molecular complexity index is 507. The van der Waals surface area contributed by atoms with Crippen molar-refractivity contribution < 1.29 is 13.9 Å². The zero-order valence-corrected chi connectivity index (χ0v) is 9.33. The second-order valence-corrected chi connectivity index (χ2v) is 3.93. The van der Waals surface area contributed by atoms with Gasteiger partial charge >= 0.3 is 0 Å². The van der Waals surface area contributed by atoms with Crippen molar-refractivity contribution in [3.05, 3.63) is 58.3 Å². The first-order chi connectivity index (χ1) is 7.58. The van der Waals surface area contributed by atoms with E-state index in [2.05, 4.69) is 0 Å². The summed E-state index contributed by atoms with van der Waals surface area (Å²) in [5.41, 5.74) is 1.05. The molecule has 0 saturated carbocycles. The second kappa shape index (κ2) is 4.28. The van der Waals surface area contributed by atoms with Crippen LogP contribution in [0.3, 0.4) is 0 Å². The molecule has 84 valence electrons. The molecule has 2 rings (SSSR count). The maximum atomic E-state index is 13.0. The third-order valence-corrected chi connectivity index (χ3v) is 2.56. The standard InChI is InChI=1S/C12H10ClFO2/c1-7-6-8(2-3-9(7)14)12(15)10-4-5-11(13)16-10/h2-6,12,15H,1H3. The number of hydrogen-bond acceptors (Lipinski definition) is 2. The van der Waals surface area contributed by atoms with Crippen molar-refractivity contribution in [2.75, 3.05) is 0 Å². The molecule has 1 aromatic heterocycles. The highest BCUT2D eigenvalue weighted by Crippen LogP contribution is 2.26. The minimum absolute atomic E-state index is 0.216. The molecule has 0 radical (unpaired) electrons. The largest absolute Gasteiger partial charge is 0.447 e. The number of aryl methyl sites for hydroxylation is 1. The van der Waals surface area contributed by atoms with Gasteiger partial charge in [-0.25, -0.2) is 4.39 Å². The molecule has 1 N–H and O–H groups in total. The van der Waals surface area contributed by atoms with Crippen molar-refractivity contribution in [3.8, 4) is 0 Å². The molecule has 1 aromatic carbocycles. The predicted molar refractivity (Wildman–Crippen MR) is 58.9 cm³/mol. The molecule has 0 spiro atoms. The zero-order chi connectivity index (χ0) is 11.7. The molecule has 0 aliphatic heterocycles. The highest BCUT2D eigenvalue weighted by atomic mass is 35.5. The van der Waals surface area contributed by atoms with Crippen LogP contribution in [0.25, 0.3) is 0 Å². The number of aliphatic hydroxyl groups is 1. The topological polar surface area (TPSA) is 33.4 Å². The molecule has 1 heterocycles. The summed E-state index contributed by atoms with van der Waals surface area (Å²) in [5.74, 6) is 0.0458. The molecule has 1 atom stereocenters. The van der Waals surface area contributed by atoms with Crippen molar-refractivity contribution >= 4 is 11.6 Å². The van der Waals surface area contributed by atoms with Crippen LogP contribution >= 0.6 is 11.6 Å². The van der Waals surface area contributed by atoms with Crippen LogP contribution < -0.4 is 0 Å². The Labute approximate surface area is 97.3 Å². The molecule has 16 heavy (non-hydrogen) atoms. The van der Waals surface area contributed by atoms with E-state index < -0.39 is 6.10 Å². The van der Waals surface area contributed by atoms with Crippen molar-refractivity contribution in [1.82, 2.24) is 0 Å². The van der Waals surface area contributed by atoms with Gasteiger partial charge in [-0.05, 0) is 47.9 Å². The van der Waals surface area contributed by atoms with Gasteiger partial charge in [0.2, 0.25) is 0 Å². The summed E-state index contributed by atoms with van der Waals surface area (Å²) in [5, 5.41) is 10.2. The smallest absolute Gasteiger partial charge is 0.193 e. The summed E-state index contributed by atoms with van der Waals surface area (Å²) < 4.78 is 18.1. The van der Waals surface area contributed by atoms with Gasteiger partial charge in [-0.2, -0.15) is 0 Å². The normalized spacial score (nSPS) is 12.8. The second-order valence-electron chi connectivity index (χ2n) is 3.55. The van der Waals surface area contributed by atoms with Gasteiger partial charge in [-0.1, -0.05) is 12.1 Å². The van der Waals surface area contributed by atoms with Gasteiger partial charge in [0.15, 0.2) is 5.22 Å². The van der Waals surface area contributed by atoms with Crippen LogP contribution in [0.4, 0.5) is 4.39 Å². The molecule has 0 fully saturated rings. The molecular formula is C12H10ClFO2. The molecule has 0 amide bonds. The molecule has 0 bridgehead atoms. The van der Waals surface area contributed by atoms with Gasteiger partial charge in [0.05, 0.1) is 0 Å². The molecule has 1 unspecified atom stereocenters. The van der Waals surface area contributed by atoms with E-state index in [4.69, 9.17) is 16.0 Å². The number of hydrogen-bond donors (Lipinski definition) is 1. The Morgan fingerprint density at radius 2 is 2.06 bits per heavy atom. The SMILES string of the molecule is Cc1cc(C(O)c2ccc(Cl)o2)ccc1F. The summed E-state index contributed by atoms with van der Waals surface area (Å²) in [7, 11) is 0. The lowest BCUT2D eigenvalue weighted by Crippen LogP contribution is -1.99. The molecule has 4 heteroatoms. The van der Waals surface area contributed by atoms with E-state index in [-0.39, 0.29) is 11.0 Å². The first-order valence-corrected chi connectivity index (χ1v) is 5.15. The summed E-state index contributed by atoms with van der Waals surface area (Å²) in [6.07, 6.45) is -0.924. The Hall–Kier alpha value is -1.32. The van der Waals surface area contributed by atoms with Crippen LogP contribution in [0.5, 0.6) is 0 Å². The van der Waals surface area contributed by atoms with E-state index in [1.165, 1.54) is 12.1 Å². The van der Waals surface area contributed by atoms with E-state index in [0.717, 1.165) is 0 Å². The average molecular weight is 241 g/mol. The number of benzene rings is 1. The fraction of sp³-hybridized carbons (Fsp3) is 0.167. The van der Waals surface area contributed by atoms with Gasteiger partial charge in [-0.15, -0.1) is 0 Å². The number of halogens is 2. The first-order valence-electron chi connectivity index (χ1n) is 4.77. The van der Waals surface area contributed by atoms with E-state index in [1.54, 1.807) is 25.1 Å². The van der Waals surface area contributed by atoms with Gasteiger partial charge in [0.25, 0.3) is 0 Å². The lowest BCUT2D eigenvalue weighted by Gasteiger charge is -2.09. The number of aliphatic hydroxyl groups excluding tert-OH is 1. The van der Waals surface area contributed by atoms with Crippen molar-refractivity contribution in [3.63, 3.8) is 0 Å². The summed E-state index contributed by atoms with van der Waals surface area (Å²) in [6, 6.07) is 7.56. The van der Waals surface area contributed by atoms with Crippen LogP contribution in [-0.2, 0) is 0 Å². The van der Waals surface area contributed by atoms with E-state index in [9.17, 15) is 9.50 Å². The van der Waals surface area contributed by atoms with Crippen molar-refractivity contribution in [2.24, 2.45) is 0 Å². The average Bonchev–Trinajstić information content (AvgIpc) is 2.68. The fourth-order valence-corrected chi connectivity index (χ4v) is 1.63. The van der Waals surface area contributed by atoms with Gasteiger partial charge < -0.3 is 9.52 Å². The third-order valence-electron chi connectivity index (χ3n) is 2.36. The molecule has 2 aromatic rings. The Balaban J connectivity index is 2.33. The first kappa shape index (κ1) is 11.2. The van der Waals surface area contributed by atoms with Crippen molar-refractivity contribution in [1.29, 1.82) is 0 Å². The Morgan fingerprint density at radius 1 is 1.31 bits per heavy atom. The predicted octanol–water partition coefficient (Wildman–Crippen LogP) is 3.46.